The van der Waals surface area contributed by atoms with E-state index in [1.807, 2.05) is 0 Å². The van der Waals surface area contributed by atoms with Crippen molar-refractivity contribution in [3.8, 4) is 5.88 Å². The van der Waals surface area contributed by atoms with Crippen LogP contribution in [0.5, 0.6) is 5.88 Å². The summed E-state index contributed by atoms with van der Waals surface area (Å²) in [4.78, 5) is 0. The molecule has 0 bridgehead atoms. The van der Waals surface area contributed by atoms with Gasteiger partial charge in [0.15, 0.2) is 0 Å². The highest BCUT2D eigenvalue weighted by Gasteiger charge is 2.23. The summed E-state index contributed by atoms with van der Waals surface area (Å²) in [5, 5.41) is 3.79. The van der Waals surface area contributed by atoms with Gasteiger partial charge >= 0.3 is 10.1 Å². The topological polar surface area (TPSA) is 105 Å². The van der Waals surface area contributed by atoms with E-state index in [4.69, 9.17) is 4.74 Å². The van der Waals surface area contributed by atoms with Gasteiger partial charge in [-0.3, -0.25) is 0 Å². The maximum absolute atomic E-state index is 11.9. The Bertz CT molecular complexity index is 632. The van der Waals surface area contributed by atoms with Crippen molar-refractivity contribution in [2.45, 2.75) is 20.0 Å². The molecule has 10 heteroatoms. The molecule has 0 aliphatic rings. The van der Waals surface area contributed by atoms with Crippen LogP contribution < -0.4 is 4.18 Å². The molecule has 19 heavy (non-hydrogen) atoms. The molecule has 0 saturated heterocycles. The van der Waals surface area contributed by atoms with Gasteiger partial charge in [-0.15, -0.1) is 4.09 Å². The number of aromatic nitrogens is 2. The summed E-state index contributed by atoms with van der Waals surface area (Å²) < 4.78 is 56.2. The van der Waals surface area contributed by atoms with Gasteiger partial charge in [0, 0.05) is 13.2 Å². The Morgan fingerprint density at radius 3 is 2.42 bits per heavy atom. The third-order valence-corrected chi connectivity index (χ3v) is 4.14. The van der Waals surface area contributed by atoms with Gasteiger partial charge < -0.3 is 8.92 Å². The summed E-state index contributed by atoms with van der Waals surface area (Å²) >= 11 is 0. The summed E-state index contributed by atoms with van der Waals surface area (Å²) in [7, 11) is -6.18. The van der Waals surface area contributed by atoms with E-state index < -0.39 is 20.1 Å². The third kappa shape index (κ3) is 4.48. The van der Waals surface area contributed by atoms with Crippen LogP contribution in [0.1, 0.15) is 19.0 Å². The second kappa shape index (κ2) is 5.88. The zero-order valence-electron chi connectivity index (χ0n) is 10.9. The Morgan fingerprint density at radius 2 is 1.95 bits per heavy atom. The number of hydrogen-bond acceptors (Lipinski definition) is 7. The average Bonchev–Trinajstić information content (AvgIpc) is 2.59. The maximum atomic E-state index is 11.9. The molecule has 0 radical (unpaired) electrons. The molecular formula is C9H16N2O6S2. The SMILES string of the molecule is CCCS(=O)(=O)n1nc(COC)cc1OS(C)(=O)=O. The van der Waals surface area contributed by atoms with Gasteiger partial charge in [0.1, 0.15) is 0 Å². The molecule has 0 saturated carbocycles. The molecule has 1 aromatic rings. The monoisotopic (exact) mass is 312 g/mol. The summed E-state index contributed by atoms with van der Waals surface area (Å²) in [6, 6.07) is 1.22. The highest BCUT2D eigenvalue weighted by atomic mass is 32.2. The van der Waals surface area contributed by atoms with E-state index in [2.05, 4.69) is 9.28 Å². The predicted octanol–water partition coefficient (Wildman–Crippen LogP) is -0.0442. The average molecular weight is 312 g/mol. The van der Waals surface area contributed by atoms with Gasteiger partial charge in [0.05, 0.1) is 24.3 Å². The van der Waals surface area contributed by atoms with E-state index in [0.717, 1.165) is 6.26 Å². The van der Waals surface area contributed by atoms with E-state index in [9.17, 15) is 16.8 Å². The van der Waals surface area contributed by atoms with Crippen LogP contribution in [-0.4, -0.2) is 45.1 Å². The van der Waals surface area contributed by atoms with E-state index >= 15 is 0 Å². The van der Waals surface area contributed by atoms with Crippen LogP contribution in [-0.2, 0) is 31.5 Å². The lowest BCUT2D eigenvalue weighted by atomic mass is 10.5. The van der Waals surface area contributed by atoms with Crippen LogP contribution in [0.2, 0.25) is 0 Å². The Balaban J connectivity index is 3.28. The van der Waals surface area contributed by atoms with Crippen LogP contribution in [0, 0.1) is 0 Å². The van der Waals surface area contributed by atoms with Crippen molar-refractivity contribution in [1.29, 1.82) is 0 Å². The second-order valence-electron chi connectivity index (χ2n) is 3.85. The van der Waals surface area contributed by atoms with Gasteiger partial charge in [-0.2, -0.15) is 13.5 Å². The Kier molecular flexibility index (Phi) is 4.93. The van der Waals surface area contributed by atoms with Crippen molar-refractivity contribution in [2.75, 3.05) is 19.1 Å². The van der Waals surface area contributed by atoms with E-state index in [1.54, 1.807) is 6.92 Å². The molecule has 0 atom stereocenters. The minimum Gasteiger partial charge on any atom is -0.378 e. The third-order valence-electron chi connectivity index (χ3n) is 1.95. The summed E-state index contributed by atoms with van der Waals surface area (Å²) in [5.74, 6) is -0.524. The summed E-state index contributed by atoms with van der Waals surface area (Å²) in [5.41, 5.74) is 0.265. The van der Waals surface area contributed by atoms with Crippen LogP contribution in [0.25, 0.3) is 0 Å². The molecule has 1 heterocycles. The Hall–Kier alpha value is -1.13. The van der Waals surface area contributed by atoms with Crippen LogP contribution in [0.3, 0.4) is 0 Å². The zero-order chi connectivity index (χ0) is 14.7. The van der Waals surface area contributed by atoms with E-state index in [-0.39, 0.29) is 23.9 Å². The number of ether oxygens (including phenoxy) is 1. The van der Waals surface area contributed by atoms with Gasteiger partial charge in [-0.25, -0.2) is 8.42 Å². The molecule has 0 amide bonds. The normalized spacial score (nSPS) is 12.6. The number of methoxy groups -OCH3 is 1. The quantitative estimate of drug-likeness (QED) is 0.650. The van der Waals surface area contributed by atoms with Crippen molar-refractivity contribution >= 4 is 20.1 Å². The molecule has 0 aliphatic carbocycles. The van der Waals surface area contributed by atoms with Gasteiger partial charge in [0.2, 0.25) is 5.88 Å². The van der Waals surface area contributed by atoms with Crippen molar-refractivity contribution in [3.05, 3.63) is 11.8 Å². The first kappa shape index (κ1) is 15.9. The molecule has 110 valence electrons. The fourth-order valence-corrected chi connectivity index (χ4v) is 3.12. The van der Waals surface area contributed by atoms with Crippen molar-refractivity contribution in [1.82, 2.24) is 9.19 Å². The molecular weight excluding hydrogens is 296 g/mol. The van der Waals surface area contributed by atoms with Crippen molar-refractivity contribution in [3.63, 3.8) is 0 Å². The number of rotatable bonds is 7. The zero-order valence-corrected chi connectivity index (χ0v) is 12.5. The number of nitrogens with zero attached hydrogens (tertiary/aromatic N) is 2. The molecule has 1 aromatic heterocycles. The lowest BCUT2D eigenvalue weighted by Crippen LogP contribution is -2.20. The van der Waals surface area contributed by atoms with Gasteiger partial charge in [-0.05, 0) is 6.42 Å². The first-order valence-corrected chi connectivity index (χ1v) is 8.82. The van der Waals surface area contributed by atoms with Crippen molar-refractivity contribution in [2.24, 2.45) is 0 Å². The molecule has 1 rings (SSSR count). The highest BCUT2D eigenvalue weighted by molar-refractivity contribution is 7.90. The molecule has 8 nitrogen and oxygen atoms in total. The van der Waals surface area contributed by atoms with Crippen LogP contribution in [0.15, 0.2) is 6.07 Å². The predicted molar refractivity (Wildman–Crippen MR) is 67.9 cm³/mol. The Labute approximate surface area is 112 Å². The smallest absolute Gasteiger partial charge is 0.307 e. The summed E-state index contributed by atoms with van der Waals surface area (Å²) in [6.45, 7) is 1.74. The fourth-order valence-electron chi connectivity index (χ4n) is 1.37. The molecule has 0 spiro atoms. The molecule has 0 unspecified atom stereocenters. The number of hydrogen-bond donors (Lipinski definition) is 0. The largest absolute Gasteiger partial charge is 0.378 e. The molecule has 0 fully saturated rings. The first-order valence-electron chi connectivity index (χ1n) is 5.40. The standard InChI is InChI=1S/C9H16N2O6S2/c1-4-5-19(14,15)11-9(17-18(3,12)13)6-8(10-11)7-16-2/h6H,4-5,7H2,1-3H3. The van der Waals surface area contributed by atoms with Gasteiger partial charge in [0.25, 0.3) is 10.0 Å². The minimum absolute atomic E-state index is 0.0504. The van der Waals surface area contributed by atoms with Crippen LogP contribution in [0.4, 0.5) is 0 Å². The fraction of sp³-hybridized carbons (Fsp3) is 0.667. The van der Waals surface area contributed by atoms with E-state index in [0.29, 0.717) is 10.5 Å². The maximum Gasteiger partial charge on any atom is 0.307 e. The molecule has 0 aromatic carbocycles. The lowest BCUT2D eigenvalue weighted by molar-refractivity contribution is 0.181. The first-order chi connectivity index (χ1) is 8.69. The van der Waals surface area contributed by atoms with E-state index in [1.165, 1.54) is 13.2 Å². The summed E-state index contributed by atoms with van der Waals surface area (Å²) in [6.07, 6.45) is 1.20. The Morgan fingerprint density at radius 1 is 1.32 bits per heavy atom. The van der Waals surface area contributed by atoms with Crippen molar-refractivity contribution < 1.29 is 25.8 Å². The molecule has 0 N–H and O–H groups in total. The van der Waals surface area contributed by atoms with Crippen LogP contribution >= 0.6 is 0 Å². The highest BCUT2D eigenvalue weighted by Crippen LogP contribution is 2.19. The van der Waals surface area contributed by atoms with Gasteiger partial charge in [-0.1, -0.05) is 6.92 Å². The lowest BCUT2D eigenvalue weighted by Gasteiger charge is -2.06. The second-order valence-corrected chi connectivity index (χ2v) is 7.35. The molecule has 0 aliphatic heterocycles. The minimum atomic E-state index is -3.84.